The second-order valence-electron chi connectivity index (χ2n) is 7.81. The van der Waals surface area contributed by atoms with E-state index in [-0.39, 0.29) is 28.1 Å². The number of aromatic amines is 1. The highest BCUT2D eigenvalue weighted by atomic mass is 32.2. The summed E-state index contributed by atoms with van der Waals surface area (Å²) in [4.78, 5) is 15.1. The maximum Gasteiger partial charge on any atom is 0.341 e. The van der Waals surface area contributed by atoms with Crippen molar-refractivity contribution < 1.29 is 12.6 Å². The zero-order chi connectivity index (χ0) is 20.6. The van der Waals surface area contributed by atoms with Crippen LogP contribution in [-0.4, -0.2) is 28.4 Å². The predicted molar refractivity (Wildman–Crippen MR) is 108 cm³/mol. The molecule has 0 fully saturated rings. The quantitative estimate of drug-likeness (QED) is 0.610. The topological polar surface area (TPSA) is 97.8 Å². The highest BCUT2D eigenvalue weighted by molar-refractivity contribution is 7.87. The van der Waals surface area contributed by atoms with Gasteiger partial charge in [0.1, 0.15) is 11.2 Å². The largest absolute Gasteiger partial charge is 0.356 e. The number of aromatic nitrogens is 4. The van der Waals surface area contributed by atoms with Gasteiger partial charge in [-0.3, -0.25) is 0 Å². The van der Waals surface area contributed by atoms with Crippen molar-refractivity contribution in [3.8, 4) is 5.88 Å². The van der Waals surface area contributed by atoms with E-state index in [0.717, 1.165) is 16.7 Å². The average molecular weight is 403 g/mol. The molecule has 3 aromatic rings. The summed E-state index contributed by atoms with van der Waals surface area (Å²) in [5.74, 6) is 0.238. The fourth-order valence-corrected chi connectivity index (χ4v) is 4.71. The highest BCUT2D eigenvalue weighted by Crippen LogP contribution is 2.36. The summed E-state index contributed by atoms with van der Waals surface area (Å²) in [5.41, 5.74) is 3.32. The Morgan fingerprint density at radius 1 is 0.893 bits per heavy atom. The number of nitrogens with zero attached hydrogens (tertiary/aromatic N) is 3. The van der Waals surface area contributed by atoms with Crippen LogP contribution in [0.5, 0.6) is 5.88 Å². The van der Waals surface area contributed by atoms with Crippen LogP contribution < -0.4 is 4.18 Å². The Kier molecular flexibility index (Phi) is 5.43. The monoisotopic (exact) mass is 402 g/mol. The standard InChI is InChI=1S/C20H26N4O3S/c1-11(2)14-7-15(12(3)4)18(16(8-14)13(5)6)28(25,26)27-20-17-19(22-9-21-17)23-10-24-20/h7-13H,1-6H3,(H,21,22,23,24). The first-order chi connectivity index (χ1) is 13.1. The normalized spacial score (nSPS) is 12.5. The first kappa shape index (κ1) is 20.3. The van der Waals surface area contributed by atoms with Crippen molar-refractivity contribution in [2.24, 2.45) is 0 Å². The number of fused-ring (bicyclic) bond motifs is 1. The Hall–Kier alpha value is -2.48. The lowest BCUT2D eigenvalue weighted by molar-refractivity contribution is 0.474. The molecule has 2 heterocycles. The molecule has 0 aliphatic heterocycles. The predicted octanol–water partition coefficient (Wildman–Crippen LogP) is 4.49. The van der Waals surface area contributed by atoms with Gasteiger partial charge < -0.3 is 9.17 Å². The van der Waals surface area contributed by atoms with E-state index >= 15 is 0 Å². The molecule has 3 rings (SSSR count). The van der Waals surface area contributed by atoms with E-state index in [1.807, 2.05) is 39.8 Å². The number of hydrogen-bond donors (Lipinski definition) is 1. The molecule has 0 radical (unpaired) electrons. The number of rotatable bonds is 6. The Labute approximate surface area is 165 Å². The van der Waals surface area contributed by atoms with Crippen LogP contribution in [0, 0.1) is 0 Å². The van der Waals surface area contributed by atoms with E-state index < -0.39 is 10.1 Å². The minimum absolute atomic E-state index is 0.0142. The summed E-state index contributed by atoms with van der Waals surface area (Å²) in [7, 11) is -4.12. The fourth-order valence-electron chi connectivity index (χ4n) is 3.13. The highest BCUT2D eigenvalue weighted by Gasteiger charge is 2.30. The molecule has 0 amide bonds. The van der Waals surface area contributed by atoms with Crippen molar-refractivity contribution in [3.05, 3.63) is 41.5 Å². The molecule has 0 bridgehead atoms. The van der Waals surface area contributed by atoms with Crippen LogP contribution in [0.4, 0.5) is 0 Å². The Bertz CT molecular complexity index is 1070. The maximum atomic E-state index is 13.4. The van der Waals surface area contributed by atoms with Crippen LogP contribution in [0.25, 0.3) is 11.2 Å². The van der Waals surface area contributed by atoms with Crippen LogP contribution in [0.15, 0.2) is 29.7 Å². The van der Waals surface area contributed by atoms with Crippen LogP contribution in [0.1, 0.15) is 76.0 Å². The number of imidazole rings is 1. The molecule has 150 valence electrons. The average Bonchev–Trinajstić information content (AvgIpc) is 3.10. The molecule has 0 aliphatic rings. The van der Waals surface area contributed by atoms with Crippen LogP contribution in [-0.2, 0) is 10.1 Å². The number of H-pyrrole nitrogens is 1. The van der Waals surface area contributed by atoms with Crippen molar-refractivity contribution in [1.82, 2.24) is 19.9 Å². The lowest BCUT2D eigenvalue weighted by Crippen LogP contribution is -2.18. The molecule has 0 atom stereocenters. The molecule has 2 aromatic heterocycles. The summed E-state index contributed by atoms with van der Waals surface area (Å²) >= 11 is 0. The van der Waals surface area contributed by atoms with E-state index in [0.29, 0.717) is 11.6 Å². The Balaban J connectivity index is 2.21. The molecule has 28 heavy (non-hydrogen) atoms. The molecule has 0 saturated heterocycles. The molecule has 1 aromatic carbocycles. The number of nitrogens with one attached hydrogen (secondary N) is 1. The van der Waals surface area contributed by atoms with Gasteiger partial charge in [0, 0.05) is 0 Å². The summed E-state index contributed by atoms with van der Waals surface area (Å²) in [5, 5.41) is 0. The molecular formula is C20H26N4O3S. The zero-order valence-electron chi connectivity index (χ0n) is 17.0. The van der Waals surface area contributed by atoms with Crippen molar-refractivity contribution in [2.75, 3.05) is 0 Å². The third kappa shape index (κ3) is 3.73. The van der Waals surface area contributed by atoms with Gasteiger partial charge in [-0.05, 0) is 34.4 Å². The van der Waals surface area contributed by atoms with Gasteiger partial charge in [-0.2, -0.15) is 13.4 Å². The molecule has 0 unspecified atom stereocenters. The van der Waals surface area contributed by atoms with E-state index in [1.165, 1.54) is 12.7 Å². The molecule has 8 heteroatoms. The van der Waals surface area contributed by atoms with E-state index in [9.17, 15) is 8.42 Å². The van der Waals surface area contributed by atoms with Gasteiger partial charge in [0.15, 0.2) is 11.2 Å². The molecule has 0 saturated carbocycles. The van der Waals surface area contributed by atoms with Crippen molar-refractivity contribution in [3.63, 3.8) is 0 Å². The smallest absolute Gasteiger partial charge is 0.341 e. The Morgan fingerprint density at radius 3 is 2.04 bits per heavy atom. The van der Waals surface area contributed by atoms with Crippen molar-refractivity contribution >= 4 is 21.3 Å². The maximum absolute atomic E-state index is 13.4. The van der Waals surface area contributed by atoms with Crippen molar-refractivity contribution in [1.29, 1.82) is 0 Å². The van der Waals surface area contributed by atoms with E-state index in [2.05, 4.69) is 33.8 Å². The Morgan fingerprint density at radius 2 is 1.50 bits per heavy atom. The van der Waals surface area contributed by atoms with Crippen molar-refractivity contribution in [2.45, 2.75) is 64.2 Å². The minimum atomic E-state index is -4.12. The lowest BCUT2D eigenvalue weighted by atomic mass is 9.89. The fraction of sp³-hybridized carbons (Fsp3) is 0.450. The molecule has 0 spiro atoms. The first-order valence-corrected chi connectivity index (χ1v) is 10.8. The third-order valence-corrected chi connectivity index (χ3v) is 6.05. The van der Waals surface area contributed by atoms with Gasteiger partial charge >= 0.3 is 10.1 Å². The van der Waals surface area contributed by atoms with Crippen LogP contribution >= 0.6 is 0 Å². The molecule has 0 aliphatic carbocycles. The van der Waals surface area contributed by atoms with Gasteiger partial charge in [-0.25, -0.2) is 9.97 Å². The second kappa shape index (κ2) is 7.50. The zero-order valence-corrected chi connectivity index (χ0v) is 17.8. The first-order valence-electron chi connectivity index (χ1n) is 9.38. The summed E-state index contributed by atoms with van der Waals surface area (Å²) in [6, 6.07) is 3.95. The molecular weight excluding hydrogens is 376 g/mol. The summed E-state index contributed by atoms with van der Waals surface area (Å²) < 4.78 is 32.2. The molecule has 7 nitrogen and oxygen atoms in total. The minimum Gasteiger partial charge on any atom is -0.356 e. The van der Waals surface area contributed by atoms with E-state index in [1.54, 1.807) is 0 Å². The van der Waals surface area contributed by atoms with Gasteiger partial charge in [-0.1, -0.05) is 53.7 Å². The number of benzene rings is 1. The van der Waals surface area contributed by atoms with E-state index in [4.69, 9.17) is 4.18 Å². The van der Waals surface area contributed by atoms with Gasteiger partial charge in [0.2, 0.25) is 0 Å². The van der Waals surface area contributed by atoms with Gasteiger partial charge in [0.25, 0.3) is 5.88 Å². The van der Waals surface area contributed by atoms with Crippen LogP contribution in [0.3, 0.4) is 0 Å². The number of hydrogen-bond acceptors (Lipinski definition) is 6. The second-order valence-corrected chi connectivity index (χ2v) is 9.29. The lowest BCUT2D eigenvalue weighted by Gasteiger charge is -2.22. The van der Waals surface area contributed by atoms with Gasteiger partial charge in [-0.15, -0.1) is 0 Å². The SMILES string of the molecule is CC(C)c1cc(C(C)C)c(S(=O)(=O)Oc2ncnc3[nH]cnc23)c(C(C)C)c1. The van der Waals surface area contributed by atoms with Gasteiger partial charge in [0.05, 0.1) is 6.33 Å². The summed E-state index contributed by atoms with van der Waals surface area (Å²) in [6.07, 6.45) is 2.68. The molecule has 1 N–H and O–H groups in total. The third-order valence-electron chi connectivity index (χ3n) is 4.70. The van der Waals surface area contributed by atoms with Crippen LogP contribution in [0.2, 0.25) is 0 Å². The summed E-state index contributed by atoms with van der Waals surface area (Å²) in [6.45, 7) is 12.1.